The van der Waals surface area contributed by atoms with Crippen LogP contribution >= 0.6 is 11.6 Å². The molecule has 1 aromatic carbocycles. The van der Waals surface area contributed by atoms with Crippen molar-refractivity contribution in [3.8, 4) is 6.07 Å². The lowest BCUT2D eigenvalue weighted by atomic mass is 9.68. The second-order valence-electron chi connectivity index (χ2n) is 5.36. The number of carbonyl (C=O) groups is 2. The highest BCUT2D eigenvalue weighted by Crippen LogP contribution is 2.51. The van der Waals surface area contributed by atoms with Gasteiger partial charge < -0.3 is 20.5 Å². The minimum atomic E-state index is -1.75. The van der Waals surface area contributed by atoms with Gasteiger partial charge in [0.1, 0.15) is 23.0 Å². The molecular formula is C17H14ClN3O4. The van der Waals surface area contributed by atoms with Crippen LogP contribution in [0.15, 0.2) is 47.1 Å². The topological polar surface area (TPSA) is 114 Å². The van der Waals surface area contributed by atoms with Gasteiger partial charge in [0.05, 0.1) is 12.5 Å². The van der Waals surface area contributed by atoms with Crippen molar-refractivity contribution in [2.75, 3.05) is 17.8 Å². The largest absolute Gasteiger partial charge is 0.462 e. The number of hydrogen-bond acceptors (Lipinski definition) is 6. The highest BCUT2D eigenvalue weighted by atomic mass is 35.5. The fourth-order valence-corrected chi connectivity index (χ4v) is 3.40. The Morgan fingerprint density at radius 1 is 1.48 bits per heavy atom. The maximum Gasteiger partial charge on any atom is 0.339 e. The van der Waals surface area contributed by atoms with Gasteiger partial charge in [0.15, 0.2) is 5.41 Å². The fourth-order valence-electron chi connectivity index (χ4n) is 3.21. The van der Waals surface area contributed by atoms with Crippen molar-refractivity contribution in [1.82, 2.24) is 0 Å². The lowest BCUT2D eigenvalue weighted by Crippen LogP contribution is -2.46. The molecule has 128 valence electrons. The van der Waals surface area contributed by atoms with Gasteiger partial charge >= 0.3 is 5.97 Å². The zero-order valence-electron chi connectivity index (χ0n) is 13.3. The number of alkyl halides is 1. The summed E-state index contributed by atoms with van der Waals surface area (Å²) < 4.78 is 10.5. The lowest BCUT2D eigenvalue weighted by Gasteiger charge is -2.34. The molecule has 1 atom stereocenters. The molecule has 0 radical (unpaired) electrons. The molecule has 2 aliphatic rings. The van der Waals surface area contributed by atoms with Crippen molar-refractivity contribution < 1.29 is 19.1 Å². The van der Waals surface area contributed by atoms with Crippen molar-refractivity contribution >= 4 is 29.2 Å². The van der Waals surface area contributed by atoms with E-state index in [0.717, 1.165) is 0 Å². The van der Waals surface area contributed by atoms with Gasteiger partial charge in [0.25, 0.3) is 0 Å². The molecule has 1 spiro atoms. The summed E-state index contributed by atoms with van der Waals surface area (Å²) in [4.78, 5) is 25.7. The van der Waals surface area contributed by atoms with Crippen LogP contribution in [0.25, 0.3) is 0 Å². The number of nitrogens with two attached hydrogens (primary N) is 1. The first-order valence-electron chi connectivity index (χ1n) is 7.48. The summed E-state index contributed by atoms with van der Waals surface area (Å²) in [5.41, 5.74) is 4.73. The van der Waals surface area contributed by atoms with Gasteiger partial charge in [-0.25, -0.2) is 4.79 Å². The van der Waals surface area contributed by atoms with Crippen LogP contribution in [0.4, 0.5) is 5.69 Å². The predicted octanol–water partition coefficient (Wildman–Crippen LogP) is 1.66. The Labute approximate surface area is 148 Å². The van der Waals surface area contributed by atoms with Crippen molar-refractivity contribution in [3.63, 3.8) is 0 Å². The number of anilines is 1. The number of benzene rings is 1. The number of nitrogens with zero attached hydrogens (tertiary/aromatic N) is 1. The molecule has 1 amide bonds. The Morgan fingerprint density at radius 2 is 2.20 bits per heavy atom. The molecular weight excluding hydrogens is 346 g/mol. The van der Waals surface area contributed by atoms with E-state index in [2.05, 4.69) is 5.32 Å². The number of para-hydroxylation sites is 1. The highest BCUT2D eigenvalue weighted by Gasteiger charge is 2.60. The third-order valence-corrected chi connectivity index (χ3v) is 4.38. The van der Waals surface area contributed by atoms with E-state index in [0.29, 0.717) is 11.3 Å². The molecule has 0 fully saturated rings. The van der Waals surface area contributed by atoms with Gasteiger partial charge in [-0.05, 0) is 13.0 Å². The van der Waals surface area contributed by atoms with Crippen LogP contribution in [0.1, 0.15) is 12.5 Å². The van der Waals surface area contributed by atoms with Gasteiger partial charge in [-0.1, -0.05) is 18.2 Å². The van der Waals surface area contributed by atoms with E-state index >= 15 is 0 Å². The molecule has 0 unspecified atom stereocenters. The number of nitrogens with one attached hydrogen (secondary N) is 1. The average Bonchev–Trinajstić information content (AvgIpc) is 2.88. The molecule has 2 heterocycles. The molecule has 3 N–H and O–H groups in total. The van der Waals surface area contributed by atoms with Crippen LogP contribution in [0.2, 0.25) is 0 Å². The van der Waals surface area contributed by atoms with Crippen molar-refractivity contribution in [2.24, 2.45) is 5.73 Å². The molecule has 3 rings (SSSR count). The number of ether oxygens (including phenoxy) is 2. The summed E-state index contributed by atoms with van der Waals surface area (Å²) in [6.45, 7) is 1.71. The zero-order chi connectivity index (χ0) is 18.2. The lowest BCUT2D eigenvalue weighted by molar-refractivity contribution is -0.140. The SMILES string of the molecule is CCOC(=O)C1=C(CCl)OC(N)=C(C#N)[C@@]12C(=O)Nc1ccccc12. The maximum atomic E-state index is 13.0. The molecule has 8 heteroatoms. The molecule has 25 heavy (non-hydrogen) atoms. The van der Waals surface area contributed by atoms with Gasteiger partial charge in [0, 0.05) is 11.3 Å². The molecule has 0 aromatic heterocycles. The minimum absolute atomic E-state index is 0.0107. The van der Waals surface area contributed by atoms with Crippen LogP contribution in [-0.4, -0.2) is 24.4 Å². The third kappa shape index (κ3) is 2.18. The number of esters is 1. The Kier molecular flexibility index (Phi) is 4.15. The standard InChI is InChI=1S/C17H14ClN3O4/c1-2-24-15(22)13-12(7-18)25-14(20)10(8-19)17(13)9-5-3-4-6-11(9)21-16(17)23/h3-6H,2,7,20H2,1H3,(H,21,23)/t17-/m1/s1. The number of amides is 1. The van der Waals surface area contributed by atoms with E-state index in [-0.39, 0.29) is 35.3 Å². The second-order valence-corrected chi connectivity index (χ2v) is 5.62. The van der Waals surface area contributed by atoms with E-state index < -0.39 is 17.3 Å². The number of fused-ring (bicyclic) bond motifs is 2. The average molecular weight is 360 g/mol. The van der Waals surface area contributed by atoms with Crippen LogP contribution < -0.4 is 11.1 Å². The Morgan fingerprint density at radius 3 is 2.84 bits per heavy atom. The Hall–Kier alpha value is -2.98. The number of halogens is 1. The van der Waals surface area contributed by atoms with Crippen LogP contribution in [0.5, 0.6) is 0 Å². The predicted molar refractivity (Wildman–Crippen MR) is 89.0 cm³/mol. The molecule has 1 aromatic rings. The van der Waals surface area contributed by atoms with Crippen LogP contribution in [-0.2, 0) is 24.5 Å². The molecule has 0 saturated heterocycles. The highest BCUT2D eigenvalue weighted by molar-refractivity contribution is 6.21. The maximum absolute atomic E-state index is 13.0. The first kappa shape index (κ1) is 16.9. The summed E-state index contributed by atoms with van der Waals surface area (Å²) in [6.07, 6.45) is 0. The number of rotatable bonds is 3. The summed E-state index contributed by atoms with van der Waals surface area (Å²) in [6, 6.07) is 8.66. The van der Waals surface area contributed by atoms with Crippen LogP contribution in [0.3, 0.4) is 0 Å². The Bertz CT molecular complexity index is 884. The van der Waals surface area contributed by atoms with E-state index in [1.807, 2.05) is 6.07 Å². The monoisotopic (exact) mass is 359 g/mol. The summed E-state index contributed by atoms with van der Waals surface area (Å²) in [7, 11) is 0. The van der Waals surface area contributed by atoms with E-state index in [4.69, 9.17) is 26.8 Å². The van der Waals surface area contributed by atoms with E-state index in [9.17, 15) is 14.9 Å². The van der Waals surface area contributed by atoms with Crippen molar-refractivity contribution in [2.45, 2.75) is 12.3 Å². The smallest absolute Gasteiger partial charge is 0.339 e. The first-order chi connectivity index (χ1) is 12.0. The molecule has 7 nitrogen and oxygen atoms in total. The second kappa shape index (κ2) is 6.15. The number of nitriles is 1. The normalized spacial score (nSPS) is 21.6. The van der Waals surface area contributed by atoms with Gasteiger partial charge in [-0.2, -0.15) is 5.26 Å². The number of hydrogen-bond donors (Lipinski definition) is 2. The van der Waals surface area contributed by atoms with Crippen molar-refractivity contribution in [3.05, 3.63) is 52.6 Å². The zero-order valence-corrected chi connectivity index (χ0v) is 14.0. The van der Waals surface area contributed by atoms with Crippen molar-refractivity contribution in [1.29, 1.82) is 5.26 Å². The molecule has 0 saturated carbocycles. The number of carbonyl (C=O) groups excluding carboxylic acids is 2. The Balaban J connectivity index is 2.41. The number of allylic oxidation sites excluding steroid dienone is 1. The van der Waals surface area contributed by atoms with Crippen LogP contribution in [0, 0.1) is 11.3 Å². The fraction of sp³-hybridized carbons (Fsp3) is 0.235. The van der Waals surface area contributed by atoms with E-state index in [1.165, 1.54) is 0 Å². The van der Waals surface area contributed by atoms with E-state index in [1.54, 1.807) is 31.2 Å². The summed E-state index contributed by atoms with van der Waals surface area (Å²) in [5, 5.41) is 12.4. The first-order valence-corrected chi connectivity index (χ1v) is 8.01. The van der Waals surface area contributed by atoms with Gasteiger partial charge in [-0.15, -0.1) is 11.6 Å². The summed E-state index contributed by atoms with van der Waals surface area (Å²) in [5.74, 6) is -1.86. The van der Waals surface area contributed by atoms with Gasteiger partial charge in [0.2, 0.25) is 11.8 Å². The molecule has 0 bridgehead atoms. The minimum Gasteiger partial charge on any atom is -0.462 e. The molecule has 2 aliphatic heterocycles. The van der Waals surface area contributed by atoms with Gasteiger partial charge in [-0.3, -0.25) is 4.79 Å². The third-order valence-electron chi connectivity index (χ3n) is 4.14. The summed E-state index contributed by atoms with van der Waals surface area (Å²) >= 11 is 5.93. The quantitative estimate of drug-likeness (QED) is 0.626. The molecule has 0 aliphatic carbocycles.